The number of hydrogen-bond acceptors (Lipinski definition) is 5. The molecule has 7 heteroatoms. The van der Waals surface area contributed by atoms with Gasteiger partial charge in [-0.25, -0.2) is 14.6 Å². The smallest absolute Gasteiger partial charge is 0.216 e. The summed E-state index contributed by atoms with van der Waals surface area (Å²) in [5.41, 5.74) is 4.03. The van der Waals surface area contributed by atoms with Gasteiger partial charge in [0, 0.05) is 44.9 Å². The van der Waals surface area contributed by atoms with Crippen LogP contribution in [0.1, 0.15) is 30.5 Å². The van der Waals surface area contributed by atoms with Crippen molar-refractivity contribution >= 4 is 17.1 Å². The zero-order chi connectivity index (χ0) is 18.6. The van der Waals surface area contributed by atoms with E-state index in [9.17, 15) is 4.79 Å². The topological polar surface area (TPSA) is 75.9 Å². The number of nitrogens with zero attached hydrogens (tertiary/aromatic N) is 5. The van der Waals surface area contributed by atoms with Gasteiger partial charge in [-0.15, -0.1) is 0 Å². The second kappa shape index (κ2) is 7.84. The van der Waals surface area contributed by atoms with Crippen LogP contribution < -0.4 is 5.32 Å². The molecule has 7 nitrogen and oxygen atoms in total. The van der Waals surface area contributed by atoms with Gasteiger partial charge in [-0.05, 0) is 18.5 Å². The number of carbonyl (C=O) groups excluding carboxylic acids is 1. The number of aromatic nitrogens is 4. The second-order valence-electron chi connectivity index (χ2n) is 7.03. The normalized spacial score (nSPS) is 17.4. The van der Waals surface area contributed by atoms with Crippen LogP contribution in [0.4, 0.5) is 0 Å². The Hall–Kier alpha value is -2.80. The number of benzene rings is 1. The predicted molar refractivity (Wildman–Crippen MR) is 103 cm³/mol. The highest BCUT2D eigenvalue weighted by Crippen LogP contribution is 2.30. The van der Waals surface area contributed by atoms with Gasteiger partial charge in [0.25, 0.3) is 0 Å². The Morgan fingerprint density at radius 3 is 2.85 bits per heavy atom. The third-order valence-corrected chi connectivity index (χ3v) is 5.00. The molecule has 1 atom stereocenters. The van der Waals surface area contributed by atoms with Gasteiger partial charge in [-0.1, -0.05) is 30.3 Å². The Bertz CT molecular complexity index is 923. The van der Waals surface area contributed by atoms with E-state index >= 15 is 0 Å². The first-order valence-corrected chi connectivity index (χ1v) is 9.39. The van der Waals surface area contributed by atoms with Crippen molar-refractivity contribution in [1.29, 1.82) is 0 Å². The molecule has 0 aliphatic carbocycles. The summed E-state index contributed by atoms with van der Waals surface area (Å²) >= 11 is 0. The van der Waals surface area contributed by atoms with Crippen LogP contribution in [-0.2, 0) is 17.9 Å². The van der Waals surface area contributed by atoms with Crippen molar-refractivity contribution in [3.05, 3.63) is 54.0 Å². The molecule has 2 aromatic heterocycles. The maximum atomic E-state index is 11.1. The van der Waals surface area contributed by atoms with Crippen LogP contribution in [0.5, 0.6) is 0 Å². The summed E-state index contributed by atoms with van der Waals surface area (Å²) in [4.78, 5) is 22.6. The van der Waals surface area contributed by atoms with Gasteiger partial charge < -0.3 is 5.32 Å². The molecule has 0 bridgehead atoms. The summed E-state index contributed by atoms with van der Waals surface area (Å²) in [5, 5.41) is 7.64. The van der Waals surface area contributed by atoms with Crippen molar-refractivity contribution < 1.29 is 4.79 Å². The van der Waals surface area contributed by atoms with E-state index in [1.165, 1.54) is 12.5 Å². The van der Waals surface area contributed by atoms with Gasteiger partial charge in [0.15, 0.2) is 5.65 Å². The van der Waals surface area contributed by atoms with Gasteiger partial charge in [-0.3, -0.25) is 9.69 Å². The molecular weight excluding hydrogens is 340 g/mol. The molecule has 1 amide bonds. The summed E-state index contributed by atoms with van der Waals surface area (Å²) in [6.07, 6.45) is 4.49. The van der Waals surface area contributed by atoms with Crippen molar-refractivity contribution in [2.45, 2.75) is 32.4 Å². The first-order valence-electron chi connectivity index (χ1n) is 9.39. The Morgan fingerprint density at radius 1 is 1.22 bits per heavy atom. The summed E-state index contributed by atoms with van der Waals surface area (Å²) in [6.45, 7) is 5.64. The van der Waals surface area contributed by atoms with Crippen molar-refractivity contribution in [3.8, 4) is 0 Å². The average molecular weight is 364 g/mol. The fourth-order valence-corrected chi connectivity index (χ4v) is 3.73. The number of rotatable bonds is 6. The van der Waals surface area contributed by atoms with E-state index in [2.05, 4.69) is 50.5 Å². The SMILES string of the molecule is CC(=O)NCCn1nc([C@H]2CCN(Cc3ccccc3)C2)c2nccnc21. The Labute approximate surface area is 158 Å². The number of amides is 1. The van der Waals surface area contributed by atoms with E-state index in [0.717, 1.165) is 42.9 Å². The molecule has 3 heterocycles. The van der Waals surface area contributed by atoms with Gasteiger partial charge in [-0.2, -0.15) is 5.10 Å². The standard InChI is InChI=1S/C20H24N6O/c1-15(27)21-10-12-26-20-19(22-8-9-23-20)18(24-26)17-7-11-25(14-17)13-16-5-3-2-4-6-16/h2-6,8-9,17H,7,10-14H2,1H3,(H,21,27)/t17-/m0/s1. The first-order chi connectivity index (χ1) is 13.2. The quantitative estimate of drug-likeness (QED) is 0.724. The third-order valence-electron chi connectivity index (χ3n) is 5.00. The lowest BCUT2D eigenvalue weighted by atomic mass is 10.0. The van der Waals surface area contributed by atoms with Gasteiger partial charge in [0.1, 0.15) is 5.52 Å². The molecule has 4 rings (SSSR count). The van der Waals surface area contributed by atoms with E-state index < -0.39 is 0 Å². The van der Waals surface area contributed by atoms with Crippen LogP contribution in [0.15, 0.2) is 42.7 Å². The van der Waals surface area contributed by atoms with Gasteiger partial charge in [0.2, 0.25) is 5.91 Å². The molecule has 0 unspecified atom stereocenters. The number of fused-ring (bicyclic) bond motifs is 1. The van der Waals surface area contributed by atoms with Gasteiger partial charge >= 0.3 is 0 Å². The highest BCUT2D eigenvalue weighted by molar-refractivity contribution is 5.74. The Balaban J connectivity index is 1.51. The van der Waals surface area contributed by atoms with E-state index in [0.29, 0.717) is 19.0 Å². The first kappa shape index (κ1) is 17.6. The summed E-state index contributed by atoms with van der Waals surface area (Å²) < 4.78 is 1.87. The molecule has 140 valence electrons. The number of hydrogen-bond donors (Lipinski definition) is 1. The zero-order valence-corrected chi connectivity index (χ0v) is 15.5. The lowest BCUT2D eigenvalue weighted by Gasteiger charge is -2.15. The molecular formula is C20H24N6O. The Morgan fingerprint density at radius 2 is 2.04 bits per heavy atom. The van der Waals surface area contributed by atoms with Crippen molar-refractivity contribution in [2.75, 3.05) is 19.6 Å². The number of nitrogens with one attached hydrogen (secondary N) is 1. The van der Waals surface area contributed by atoms with Crippen molar-refractivity contribution in [2.24, 2.45) is 0 Å². The molecule has 1 saturated heterocycles. The minimum Gasteiger partial charge on any atom is -0.354 e. The molecule has 27 heavy (non-hydrogen) atoms. The van der Waals surface area contributed by atoms with Crippen LogP contribution in [0.2, 0.25) is 0 Å². The summed E-state index contributed by atoms with van der Waals surface area (Å²) in [6, 6.07) is 10.6. The van der Waals surface area contributed by atoms with Crippen molar-refractivity contribution in [3.63, 3.8) is 0 Å². The van der Waals surface area contributed by atoms with E-state index in [1.54, 1.807) is 12.4 Å². The predicted octanol–water partition coefficient (Wildman–Crippen LogP) is 1.95. The fraction of sp³-hybridized carbons (Fsp3) is 0.400. The maximum absolute atomic E-state index is 11.1. The fourth-order valence-electron chi connectivity index (χ4n) is 3.73. The zero-order valence-electron chi connectivity index (χ0n) is 15.5. The molecule has 1 aliphatic heterocycles. The van der Waals surface area contributed by atoms with Crippen molar-refractivity contribution in [1.82, 2.24) is 30.0 Å². The number of likely N-dealkylation sites (tertiary alicyclic amines) is 1. The lowest BCUT2D eigenvalue weighted by Crippen LogP contribution is -2.25. The molecule has 1 aliphatic rings. The highest BCUT2D eigenvalue weighted by atomic mass is 16.1. The average Bonchev–Trinajstić information content (AvgIpc) is 3.27. The third kappa shape index (κ3) is 3.98. The monoisotopic (exact) mass is 364 g/mol. The minimum absolute atomic E-state index is 0.0369. The van der Waals surface area contributed by atoms with Gasteiger partial charge in [0.05, 0.1) is 12.2 Å². The molecule has 3 aromatic rings. The van der Waals surface area contributed by atoms with E-state index in [1.807, 2.05) is 4.68 Å². The minimum atomic E-state index is -0.0369. The van der Waals surface area contributed by atoms with Crippen LogP contribution in [0.3, 0.4) is 0 Å². The molecule has 1 fully saturated rings. The van der Waals surface area contributed by atoms with Crippen LogP contribution in [0, 0.1) is 0 Å². The largest absolute Gasteiger partial charge is 0.354 e. The van der Waals surface area contributed by atoms with E-state index in [4.69, 9.17) is 5.10 Å². The maximum Gasteiger partial charge on any atom is 0.216 e. The summed E-state index contributed by atoms with van der Waals surface area (Å²) in [5.74, 6) is 0.319. The molecule has 0 spiro atoms. The second-order valence-corrected chi connectivity index (χ2v) is 7.03. The molecule has 1 aromatic carbocycles. The lowest BCUT2D eigenvalue weighted by molar-refractivity contribution is -0.118. The molecule has 1 N–H and O–H groups in total. The Kier molecular flexibility index (Phi) is 5.11. The van der Waals surface area contributed by atoms with Crippen LogP contribution in [-0.4, -0.2) is 50.2 Å². The van der Waals surface area contributed by atoms with Crippen LogP contribution >= 0.6 is 0 Å². The molecule has 0 radical (unpaired) electrons. The van der Waals surface area contributed by atoms with E-state index in [-0.39, 0.29) is 5.91 Å². The molecule has 0 saturated carbocycles. The van der Waals surface area contributed by atoms with Crippen LogP contribution in [0.25, 0.3) is 11.2 Å². The highest BCUT2D eigenvalue weighted by Gasteiger charge is 2.29. The number of carbonyl (C=O) groups is 1. The summed E-state index contributed by atoms with van der Waals surface area (Å²) in [7, 11) is 0.